The van der Waals surface area contributed by atoms with E-state index in [1.54, 1.807) is 7.05 Å². The van der Waals surface area contributed by atoms with E-state index < -0.39 is 32.6 Å². The molecule has 1 amide bonds. The van der Waals surface area contributed by atoms with Gasteiger partial charge in [-0.25, -0.2) is 21.9 Å². The Morgan fingerprint density at radius 2 is 1.95 bits per heavy atom. The van der Waals surface area contributed by atoms with E-state index in [9.17, 15) is 22.0 Å². The predicted molar refractivity (Wildman–Crippen MR) is 67.5 cm³/mol. The summed E-state index contributed by atoms with van der Waals surface area (Å²) in [7, 11) is -2.66. The second-order valence-electron chi connectivity index (χ2n) is 4.83. The topological polar surface area (TPSA) is 66.5 Å². The number of likely N-dealkylation sites (N-methyl/N-ethyl adjacent to an activating group) is 1. The van der Waals surface area contributed by atoms with Crippen LogP contribution in [-0.2, 0) is 14.8 Å². The first-order chi connectivity index (χ1) is 9.20. The van der Waals surface area contributed by atoms with E-state index in [0.29, 0.717) is 6.07 Å². The van der Waals surface area contributed by atoms with Gasteiger partial charge < -0.3 is 4.90 Å². The number of aryl methyl sites for hydroxylation is 1. The van der Waals surface area contributed by atoms with Gasteiger partial charge in [0.05, 0.1) is 0 Å². The fraction of sp³-hybridized carbons (Fsp3) is 0.417. The predicted octanol–water partition coefficient (Wildman–Crippen LogP) is 0.782. The number of nitrogens with one attached hydrogen (secondary N) is 1. The van der Waals surface area contributed by atoms with Gasteiger partial charge in [-0.3, -0.25) is 4.79 Å². The quantitative estimate of drug-likeness (QED) is 0.897. The van der Waals surface area contributed by atoms with Gasteiger partial charge in [-0.15, -0.1) is 0 Å². The van der Waals surface area contributed by atoms with Gasteiger partial charge in [-0.2, -0.15) is 0 Å². The normalized spacial score (nSPS) is 19.7. The van der Waals surface area contributed by atoms with Crippen LogP contribution in [0.2, 0.25) is 0 Å². The Hall–Kier alpha value is -1.54. The molecule has 20 heavy (non-hydrogen) atoms. The highest BCUT2D eigenvalue weighted by Gasteiger charge is 2.32. The summed E-state index contributed by atoms with van der Waals surface area (Å²) >= 11 is 0. The standard InChI is InChI=1S/C12H14F2N2O3S/c1-7-3-10(14)11(5-9(7)13)20(18,19)15-8-4-12(17)16(2)6-8/h3,5,8,15H,4,6H2,1-2H3/t8-/m0/s1. The summed E-state index contributed by atoms with van der Waals surface area (Å²) in [6.07, 6.45) is 0.00565. The molecule has 0 bridgehead atoms. The van der Waals surface area contributed by atoms with Crippen molar-refractivity contribution in [2.75, 3.05) is 13.6 Å². The number of benzene rings is 1. The van der Waals surface area contributed by atoms with Gasteiger partial charge in [0.25, 0.3) is 0 Å². The van der Waals surface area contributed by atoms with Crippen molar-refractivity contribution in [3.05, 3.63) is 29.3 Å². The van der Waals surface area contributed by atoms with E-state index in [1.165, 1.54) is 11.8 Å². The van der Waals surface area contributed by atoms with Crippen molar-refractivity contribution in [3.63, 3.8) is 0 Å². The maximum Gasteiger partial charge on any atom is 0.243 e. The molecule has 0 aromatic heterocycles. The van der Waals surface area contributed by atoms with E-state index >= 15 is 0 Å². The molecule has 2 rings (SSSR count). The first-order valence-electron chi connectivity index (χ1n) is 5.92. The first-order valence-corrected chi connectivity index (χ1v) is 7.41. The molecule has 1 aromatic rings. The molecule has 0 radical (unpaired) electrons. The van der Waals surface area contributed by atoms with E-state index in [-0.39, 0.29) is 24.4 Å². The molecule has 1 atom stereocenters. The highest BCUT2D eigenvalue weighted by molar-refractivity contribution is 7.89. The van der Waals surface area contributed by atoms with Crippen LogP contribution in [0.3, 0.4) is 0 Å². The molecule has 5 nitrogen and oxygen atoms in total. The minimum Gasteiger partial charge on any atom is -0.344 e. The number of hydrogen-bond donors (Lipinski definition) is 1. The van der Waals surface area contributed by atoms with Crippen molar-refractivity contribution in [2.24, 2.45) is 0 Å². The van der Waals surface area contributed by atoms with Gasteiger partial charge in [-0.1, -0.05) is 0 Å². The zero-order valence-corrected chi connectivity index (χ0v) is 11.8. The summed E-state index contributed by atoms with van der Waals surface area (Å²) in [5, 5.41) is 0. The molecular formula is C12H14F2N2O3S. The van der Waals surface area contributed by atoms with Crippen LogP contribution in [0.25, 0.3) is 0 Å². The molecule has 1 fully saturated rings. The minimum absolute atomic E-state index is 0.00565. The maximum atomic E-state index is 13.7. The summed E-state index contributed by atoms with van der Waals surface area (Å²) < 4.78 is 53.4. The lowest BCUT2D eigenvalue weighted by Crippen LogP contribution is -2.36. The Kier molecular flexibility index (Phi) is 3.79. The van der Waals surface area contributed by atoms with Crippen LogP contribution in [0.1, 0.15) is 12.0 Å². The number of hydrogen-bond acceptors (Lipinski definition) is 3. The number of nitrogens with zero attached hydrogens (tertiary/aromatic N) is 1. The smallest absolute Gasteiger partial charge is 0.243 e. The molecule has 0 unspecified atom stereocenters. The average Bonchev–Trinajstić information content (AvgIpc) is 2.61. The fourth-order valence-electron chi connectivity index (χ4n) is 2.06. The maximum absolute atomic E-state index is 13.7. The van der Waals surface area contributed by atoms with Crippen molar-refractivity contribution in [2.45, 2.75) is 24.3 Å². The van der Waals surface area contributed by atoms with Crippen molar-refractivity contribution in [1.29, 1.82) is 0 Å². The molecule has 1 aliphatic heterocycles. The van der Waals surface area contributed by atoms with E-state index in [1.807, 2.05) is 0 Å². The Bertz CT molecular complexity index is 661. The van der Waals surface area contributed by atoms with E-state index in [0.717, 1.165) is 6.07 Å². The second kappa shape index (κ2) is 5.10. The lowest BCUT2D eigenvalue weighted by atomic mass is 10.2. The third kappa shape index (κ3) is 2.80. The SMILES string of the molecule is Cc1cc(F)c(S(=O)(=O)N[C@H]2CC(=O)N(C)C2)cc1F. The number of rotatable bonds is 3. The van der Waals surface area contributed by atoms with Gasteiger partial charge in [0.2, 0.25) is 15.9 Å². The zero-order chi connectivity index (χ0) is 15.1. The molecule has 1 heterocycles. The Balaban J connectivity index is 2.28. The van der Waals surface area contributed by atoms with Crippen LogP contribution in [-0.4, -0.2) is 38.9 Å². The summed E-state index contributed by atoms with van der Waals surface area (Å²) in [5.41, 5.74) is 0.0252. The molecule has 0 aliphatic carbocycles. The van der Waals surface area contributed by atoms with Crippen LogP contribution < -0.4 is 4.72 Å². The largest absolute Gasteiger partial charge is 0.344 e. The number of halogens is 2. The van der Waals surface area contributed by atoms with Crippen LogP contribution in [0.4, 0.5) is 8.78 Å². The second-order valence-corrected chi connectivity index (χ2v) is 6.51. The molecule has 0 spiro atoms. The fourth-order valence-corrected chi connectivity index (χ4v) is 3.36. The monoisotopic (exact) mass is 304 g/mol. The van der Waals surface area contributed by atoms with E-state index in [4.69, 9.17) is 0 Å². The molecule has 110 valence electrons. The zero-order valence-electron chi connectivity index (χ0n) is 11.0. The van der Waals surface area contributed by atoms with Crippen LogP contribution in [0.5, 0.6) is 0 Å². The van der Waals surface area contributed by atoms with Crippen molar-refractivity contribution in [1.82, 2.24) is 9.62 Å². The third-order valence-electron chi connectivity index (χ3n) is 3.17. The molecule has 1 saturated heterocycles. The molecule has 0 saturated carbocycles. The van der Waals surface area contributed by atoms with Crippen LogP contribution in [0, 0.1) is 18.6 Å². The third-order valence-corrected chi connectivity index (χ3v) is 4.70. The summed E-state index contributed by atoms with van der Waals surface area (Å²) in [6.45, 7) is 1.54. The Labute approximate surface area is 115 Å². The lowest BCUT2D eigenvalue weighted by molar-refractivity contribution is -0.126. The highest BCUT2D eigenvalue weighted by atomic mass is 32.2. The van der Waals surface area contributed by atoms with Crippen molar-refractivity contribution < 1.29 is 22.0 Å². The summed E-state index contributed by atoms with van der Waals surface area (Å²) in [4.78, 5) is 12.0. The highest BCUT2D eigenvalue weighted by Crippen LogP contribution is 2.20. The molecule has 8 heteroatoms. The molecule has 1 N–H and O–H groups in total. The van der Waals surface area contributed by atoms with Gasteiger partial charge >= 0.3 is 0 Å². The molecular weight excluding hydrogens is 290 g/mol. The van der Waals surface area contributed by atoms with Crippen LogP contribution in [0.15, 0.2) is 17.0 Å². The number of likely N-dealkylation sites (tertiary alicyclic amines) is 1. The molecule has 1 aliphatic rings. The van der Waals surface area contributed by atoms with Gasteiger partial charge in [0, 0.05) is 26.1 Å². The first kappa shape index (κ1) is 14.9. The Morgan fingerprint density at radius 1 is 1.30 bits per heavy atom. The van der Waals surface area contributed by atoms with Gasteiger partial charge in [0.1, 0.15) is 16.5 Å². The average molecular weight is 304 g/mol. The minimum atomic E-state index is -4.20. The number of carbonyl (C=O) groups is 1. The van der Waals surface area contributed by atoms with Crippen molar-refractivity contribution >= 4 is 15.9 Å². The van der Waals surface area contributed by atoms with Crippen LogP contribution >= 0.6 is 0 Å². The van der Waals surface area contributed by atoms with Gasteiger partial charge in [0.15, 0.2) is 0 Å². The van der Waals surface area contributed by atoms with Crippen molar-refractivity contribution in [3.8, 4) is 0 Å². The summed E-state index contributed by atoms with van der Waals surface area (Å²) in [5.74, 6) is -2.02. The summed E-state index contributed by atoms with van der Waals surface area (Å²) in [6, 6.07) is 0.838. The number of carbonyl (C=O) groups excluding carboxylic acids is 1. The van der Waals surface area contributed by atoms with Gasteiger partial charge in [-0.05, 0) is 24.6 Å². The van der Waals surface area contributed by atoms with E-state index in [2.05, 4.69) is 4.72 Å². The number of sulfonamides is 1. The lowest BCUT2D eigenvalue weighted by Gasteiger charge is -2.13. The molecule has 1 aromatic carbocycles. The number of amides is 1. The Morgan fingerprint density at radius 3 is 2.50 bits per heavy atom.